The number of carbonyl (C=O) groups is 1. The van der Waals surface area contributed by atoms with Gasteiger partial charge in [0.25, 0.3) is 0 Å². The monoisotopic (exact) mass is 329 g/mol. The predicted molar refractivity (Wildman–Crippen MR) is 91.4 cm³/mol. The van der Waals surface area contributed by atoms with Crippen molar-refractivity contribution in [3.8, 4) is 0 Å². The molecule has 1 aliphatic rings. The highest BCUT2D eigenvalue weighted by atomic mass is 16.6. The smallest absolute Gasteiger partial charge is 0.407 e. The quantitative estimate of drug-likeness (QED) is 0.748. The van der Waals surface area contributed by atoms with Crippen LogP contribution >= 0.6 is 0 Å². The summed E-state index contributed by atoms with van der Waals surface area (Å²) in [7, 11) is 0. The summed E-state index contributed by atoms with van der Waals surface area (Å²) >= 11 is 0. The lowest BCUT2D eigenvalue weighted by Crippen LogP contribution is -2.38. The van der Waals surface area contributed by atoms with Crippen LogP contribution in [0.3, 0.4) is 0 Å². The van der Waals surface area contributed by atoms with E-state index in [1.54, 1.807) is 0 Å². The summed E-state index contributed by atoms with van der Waals surface area (Å²) in [6.07, 6.45) is 6.41. The van der Waals surface area contributed by atoms with Crippen LogP contribution in [0, 0.1) is 5.92 Å². The first-order valence-electron chi connectivity index (χ1n) is 8.97. The molecule has 0 aliphatic heterocycles. The second-order valence-corrected chi connectivity index (χ2v) is 7.84. The zero-order valence-electron chi connectivity index (χ0n) is 15.4. The van der Waals surface area contributed by atoms with Gasteiger partial charge in [0.1, 0.15) is 5.60 Å². The van der Waals surface area contributed by atoms with E-state index in [9.17, 15) is 9.90 Å². The average Bonchev–Trinajstić information content (AvgIpc) is 2.44. The van der Waals surface area contributed by atoms with Gasteiger partial charge in [0.2, 0.25) is 0 Å². The van der Waals surface area contributed by atoms with E-state index in [1.807, 2.05) is 34.6 Å². The Morgan fingerprint density at radius 3 is 2.52 bits per heavy atom. The van der Waals surface area contributed by atoms with Gasteiger partial charge < -0.3 is 19.9 Å². The molecule has 4 atom stereocenters. The molecule has 5 heteroatoms. The molecule has 5 nitrogen and oxygen atoms in total. The van der Waals surface area contributed by atoms with Crippen LogP contribution in [0.15, 0.2) is 0 Å². The van der Waals surface area contributed by atoms with Crippen molar-refractivity contribution in [1.82, 2.24) is 5.32 Å². The Kier molecular flexibility index (Phi) is 8.34. The maximum Gasteiger partial charge on any atom is 0.407 e. The zero-order valence-corrected chi connectivity index (χ0v) is 15.4. The van der Waals surface area contributed by atoms with Crippen LogP contribution in [-0.2, 0) is 9.47 Å². The van der Waals surface area contributed by atoms with Crippen molar-refractivity contribution in [3.05, 3.63) is 0 Å². The zero-order chi connectivity index (χ0) is 17.5. The second-order valence-electron chi connectivity index (χ2n) is 7.84. The fourth-order valence-corrected chi connectivity index (χ4v) is 3.07. The standard InChI is InChI=1S/C18H35NO4/c1-13(19-17(21)23-18(3,4)5)10-11-15-8-6-7-9-16(15)22-14(2)12-20/h13-16,20H,6-12H2,1-5H3,(H,19,21)/t13?,14-,15?,16?/m1/s1. The van der Waals surface area contributed by atoms with E-state index in [-0.39, 0.29) is 30.9 Å². The summed E-state index contributed by atoms with van der Waals surface area (Å²) < 4.78 is 11.3. The maximum atomic E-state index is 11.8. The molecule has 0 aromatic carbocycles. The first kappa shape index (κ1) is 20.2. The molecule has 0 heterocycles. The van der Waals surface area contributed by atoms with Gasteiger partial charge in [-0.15, -0.1) is 0 Å². The molecule has 0 radical (unpaired) electrons. The normalized spacial score (nSPS) is 24.8. The summed E-state index contributed by atoms with van der Waals surface area (Å²) in [5.74, 6) is 0.514. The van der Waals surface area contributed by atoms with Crippen LogP contribution in [0.4, 0.5) is 4.79 Å². The third-order valence-electron chi connectivity index (χ3n) is 4.24. The van der Waals surface area contributed by atoms with Crippen molar-refractivity contribution in [2.45, 2.75) is 97.0 Å². The van der Waals surface area contributed by atoms with Gasteiger partial charge in [-0.2, -0.15) is 0 Å². The summed E-state index contributed by atoms with van der Waals surface area (Å²) in [5.41, 5.74) is -0.466. The molecule has 0 bridgehead atoms. The highest BCUT2D eigenvalue weighted by molar-refractivity contribution is 5.67. The summed E-state index contributed by atoms with van der Waals surface area (Å²) in [5, 5.41) is 12.1. The molecule has 23 heavy (non-hydrogen) atoms. The minimum Gasteiger partial charge on any atom is -0.444 e. The molecule has 1 amide bonds. The SMILES string of the molecule is CC(CCC1CCCCC1O[C@H](C)CO)NC(=O)OC(C)(C)C. The molecular weight excluding hydrogens is 294 g/mol. The van der Waals surface area contributed by atoms with Gasteiger partial charge >= 0.3 is 6.09 Å². The Balaban J connectivity index is 2.37. The molecule has 0 saturated heterocycles. The Bertz CT molecular complexity index is 353. The number of hydrogen-bond donors (Lipinski definition) is 2. The molecule has 3 unspecified atom stereocenters. The Morgan fingerprint density at radius 1 is 1.26 bits per heavy atom. The lowest BCUT2D eigenvalue weighted by molar-refractivity contribution is -0.0724. The van der Waals surface area contributed by atoms with E-state index in [2.05, 4.69) is 5.32 Å². The largest absolute Gasteiger partial charge is 0.444 e. The summed E-state index contributed by atoms with van der Waals surface area (Å²) in [6, 6.07) is 0.0858. The van der Waals surface area contributed by atoms with Crippen LogP contribution in [-0.4, -0.2) is 41.7 Å². The molecule has 2 N–H and O–H groups in total. The Hall–Kier alpha value is -0.810. The van der Waals surface area contributed by atoms with E-state index >= 15 is 0 Å². The maximum absolute atomic E-state index is 11.8. The number of alkyl carbamates (subject to hydrolysis) is 1. The number of aliphatic hydroxyl groups excluding tert-OH is 1. The Labute approximate surface area is 141 Å². The first-order chi connectivity index (χ1) is 10.7. The second kappa shape index (κ2) is 9.48. The fraction of sp³-hybridized carbons (Fsp3) is 0.944. The molecule has 1 aliphatic carbocycles. The van der Waals surface area contributed by atoms with Gasteiger partial charge in [0, 0.05) is 6.04 Å². The van der Waals surface area contributed by atoms with E-state index in [0.29, 0.717) is 5.92 Å². The van der Waals surface area contributed by atoms with Crippen LogP contribution in [0.2, 0.25) is 0 Å². The third-order valence-corrected chi connectivity index (χ3v) is 4.24. The van der Waals surface area contributed by atoms with E-state index in [4.69, 9.17) is 9.47 Å². The van der Waals surface area contributed by atoms with Gasteiger partial charge in [-0.3, -0.25) is 0 Å². The van der Waals surface area contributed by atoms with Crippen molar-refractivity contribution in [3.63, 3.8) is 0 Å². The number of nitrogens with one attached hydrogen (secondary N) is 1. The van der Waals surface area contributed by atoms with Crippen molar-refractivity contribution >= 4 is 6.09 Å². The first-order valence-corrected chi connectivity index (χ1v) is 8.97. The number of aliphatic hydroxyl groups is 1. The number of hydrogen-bond acceptors (Lipinski definition) is 4. The fourth-order valence-electron chi connectivity index (χ4n) is 3.07. The molecule has 1 saturated carbocycles. The number of ether oxygens (including phenoxy) is 2. The molecule has 1 rings (SSSR count). The third kappa shape index (κ3) is 8.56. The summed E-state index contributed by atoms with van der Waals surface area (Å²) in [6.45, 7) is 9.59. The molecule has 136 valence electrons. The minimum atomic E-state index is -0.466. The van der Waals surface area contributed by atoms with Gasteiger partial charge in [-0.1, -0.05) is 12.8 Å². The van der Waals surface area contributed by atoms with Gasteiger partial charge in [-0.25, -0.2) is 4.79 Å². The lowest BCUT2D eigenvalue weighted by Gasteiger charge is -2.34. The molecule has 0 aromatic rings. The van der Waals surface area contributed by atoms with Crippen LogP contribution < -0.4 is 5.32 Å². The highest BCUT2D eigenvalue weighted by Gasteiger charge is 2.27. The number of carbonyl (C=O) groups excluding carboxylic acids is 1. The Morgan fingerprint density at radius 2 is 1.91 bits per heavy atom. The van der Waals surface area contributed by atoms with E-state index in [1.165, 1.54) is 19.3 Å². The topological polar surface area (TPSA) is 67.8 Å². The molecular formula is C18H35NO4. The predicted octanol–water partition coefficient (Wildman–Crippen LogP) is 3.64. The highest BCUT2D eigenvalue weighted by Crippen LogP contribution is 2.31. The van der Waals surface area contributed by atoms with Gasteiger partial charge in [0.05, 0.1) is 18.8 Å². The van der Waals surface area contributed by atoms with Crippen molar-refractivity contribution in [2.75, 3.05) is 6.61 Å². The molecule has 0 spiro atoms. The van der Waals surface area contributed by atoms with Crippen molar-refractivity contribution < 1.29 is 19.4 Å². The summed E-state index contributed by atoms with van der Waals surface area (Å²) in [4.78, 5) is 11.8. The van der Waals surface area contributed by atoms with Crippen molar-refractivity contribution in [2.24, 2.45) is 5.92 Å². The number of rotatable bonds is 7. The van der Waals surface area contributed by atoms with Crippen LogP contribution in [0.25, 0.3) is 0 Å². The van der Waals surface area contributed by atoms with Gasteiger partial charge in [-0.05, 0) is 66.2 Å². The van der Waals surface area contributed by atoms with Gasteiger partial charge in [0.15, 0.2) is 0 Å². The van der Waals surface area contributed by atoms with Crippen molar-refractivity contribution in [1.29, 1.82) is 0 Å². The van der Waals surface area contributed by atoms with Crippen LogP contribution in [0.5, 0.6) is 0 Å². The van der Waals surface area contributed by atoms with E-state index in [0.717, 1.165) is 19.3 Å². The van der Waals surface area contributed by atoms with Crippen LogP contribution in [0.1, 0.15) is 73.1 Å². The molecule has 0 aromatic heterocycles. The molecule has 1 fully saturated rings. The minimum absolute atomic E-state index is 0.0693. The average molecular weight is 329 g/mol. The number of amides is 1. The lowest BCUT2D eigenvalue weighted by atomic mass is 9.82. The van der Waals surface area contributed by atoms with E-state index < -0.39 is 5.60 Å².